The van der Waals surface area contributed by atoms with E-state index in [2.05, 4.69) is 13.8 Å². The molecule has 0 spiro atoms. The zero-order chi connectivity index (χ0) is 17.7. The van der Waals surface area contributed by atoms with Gasteiger partial charge in [0.25, 0.3) is 0 Å². The molecule has 5 heteroatoms. The molecule has 138 valence electrons. The standard InChI is InChI=1S/C19H32O5/c1-11(9-12-10-24-17(22)19(3,23)16(12)21)13-6-7-14-15(20)5-4-8-18(13,14)2/h11-16,20-21,23H,4-10H2,1-3H3/t11-,12-,13-,14?,15+,16-,18-,19-/m1/s1. The van der Waals surface area contributed by atoms with Gasteiger partial charge in [0.1, 0.15) is 0 Å². The van der Waals surface area contributed by atoms with Gasteiger partial charge >= 0.3 is 5.97 Å². The number of esters is 1. The first-order valence-electron chi connectivity index (χ1n) is 9.43. The number of aliphatic hydroxyl groups is 3. The summed E-state index contributed by atoms with van der Waals surface area (Å²) in [5.74, 6) is 0.284. The molecule has 5 nitrogen and oxygen atoms in total. The maximum Gasteiger partial charge on any atom is 0.340 e. The highest BCUT2D eigenvalue weighted by molar-refractivity contribution is 5.80. The van der Waals surface area contributed by atoms with Gasteiger partial charge in [0.15, 0.2) is 5.60 Å². The van der Waals surface area contributed by atoms with Gasteiger partial charge < -0.3 is 20.1 Å². The Hall–Kier alpha value is -0.650. The third-order valence-corrected chi connectivity index (χ3v) is 7.39. The topological polar surface area (TPSA) is 87.0 Å². The third-order valence-electron chi connectivity index (χ3n) is 7.39. The summed E-state index contributed by atoms with van der Waals surface area (Å²) in [6.07, 6.45) is 4.81. The van der Waals surface area contributed by atoms with E-state index in [1.807, 2.05) is 0 Å². The first-order chi connectivity index (χ1) is 11.2. The quantitative estimate of drug-likeness (QED) is 0.683. The predicted octanol–water partition coefficient (Wildman–Crippen LogP) is 1.87. The van der Waals surface area contributed by atoms with Gasteiger partial charge in [-0.05, 0) is 62.2 Å². The summed E-state index contributed by atoms with van der Waals surface area (Å²) >= 11 is 0. The molecule has 0 amide bonds. The van der Waals surface area contributed by atoms with Crippen molar-refractivity contribution in [3.05, 3.63) is 0 Å². The van der Waals surface area contributed by atoms with Crippen molar-refractivity contribution in [2.75, 3.05) is 6.61 Å². The van der Waals surface area contributed by atoms with Gasteiger partial charge in [-0.3, -0.25) is 0 Å². The fraction of sp³-hybridized carbons (Fsp3) is 0.947. The minimum atomic E-state index is -1.81. The van der Waals surface area contributed by atoms with Crippen LogP contribution in [-0.2, 0) is 9.53 Å². The van der Waals surface area contributed by atoms with Crippen LogP contribution in [0.25, 0.3) is 0 Å². The van der Waals surface area contributed by atoms with Gasteiger partial charge in [-0.25, -0.2) is 4.79 Å². The van der Waals surface area contributed by atoms with E-state index in [9.17, 15) is 20.1 Å². The molecule has 8 atom stereocenters. The molecule has 3 aliphatic rings. The third kappa shape index (κ3) is 2.78. The summed E-state index contributed by atoms with van der Waals surface area (Å²) < 4.78 is 5.10. The Morgan fingerprint density at radius 2 is 1.96 bits per heavy atom. The van der Waals surface area contributed by atoms with E-state index >= 15 is 0 Å². The molecule has 3 fully saturated rings. The summed E-state index contributed by atoms with van der Waals surface area (Å²) in [4.78, 5) is 11.6. The molecule has 0 aromatic rings. The van der Waals surface area contributed by atoms with Crippen LogP contribution in [0.15, 0.2) is 0 Å². The summed E-state index contributed by atoms with van der Waals surface area (Å²) in [5.41, 5.74) is -1.65. The van der Waals surface area contributed by atoms with Gasteiger partial charge in [0, 0.05) is 5.92 Å². The Kier molecular flexibility index (Phi) is 4.73. The zero-order valence-electron chi connectivity index (χ0n) is 15.1. The van der Waals surface area contributed by atoms with Gasteiger partial charge in [0.2, 0.25) is 0 Å². The average Bonchev–Trinajstić information content (AvgIpc) is 2.87. The summed E-state index contributed by atoms with van der Waals surface area (Å²) in [5, 5.41) is 31.0. The lowest BCUT2D eigenvalue weighted by Gasteiger charge is -2.46. The van der Waals surface area contributed by atoms with Crippen molar-refractivity contribution in [3.63, 3.8) is 0 Å². The number of carbonyl (C=O) groups is 1. The largest absolute Gasteiger partial charge is 0.463 e. The number of rotatable bonds is 3. The minimum absolute atomic E-state index is 0.163. The Balaban J connectivity index is 1.69. The Bertz CT molecular complexity index is 490. The summed E-state index contributed by atoms with van der Waals surface area (Å²) in [7, 11) is 0. The first kappa shape index (κ1) is 18.2. The van der Waals surface area contributed by atoms with Crippen LogP contribution in [-0.4, -0.2) is 45.7 Å². The lowest BCUT2D eigenvalue weighted by molar-refractivity contribution is -0.201. The van der Waals surface area contributed by atoms with Crippen LogP contribution in [0.5, 0.6) is 0 Å². The number of cyclic esters (lactones) is 1. The van der Waals surface area contributed by atoms with Gasteiger partial charge in [-0.2, -0.15) is 0 Å². The molecule has 3 rings (SSSR count). The Morgan fingerprint density at radius 3 is 2.67 bits per heavy atom. The molecule has 3 N–H and O–H groups in total. The lowest BCUT2D eigenvalue weighted by atomic mass is 9.61. The van der Waals surface area contributed by atoms with Crippen LogP contribution in [0, 0.1) is 29.1 Å². The fourth-order valence-electron chi connectivity index (χ4n) is 5.96. The molecule has 0 radical (unpaired) electrons. The molecule has 24 heavy (non-hydrogen) atoms. The van der Waals surface area contributed by atoms with Crippen molar-refractivity contribution in [1.29, 1.82) is 0 Å². The molecule has 1 unspecified atom stereocenters. The van der Waals surface area contributed by atoms with Crippen molar-refractivity contribution in [2.24, 2.45) is 29.1 Å². The number of hydrogen-bond donors (Lipinski definition) is 3. The molecule has 0 bridgehead atoms. The lowest BCUT2D eigenvalue weighted by Crippen LogP contribution is -2.57. The highest BCUT2D eigenvalue weighted by Gasteiger charge is 2.54. The highest BCUT2D eigenvalue weighted by atomic mass is 16.6. The Labute approximate surface area is 144 Å². The monoisotopic (exact) mass is 340 g/mol. The van der Waals surface area contributed by atoms with Crippen LogP contribution < -0.4 is 0 Å². The van der Waals surface area contributed by atoms with Crippen LogP contribution in [0.1, 0.15) is 59.3 Å². The van der Waals surface area contributed by atoms with E-state index in [1.54, 1.807) is 0 Å². The summed E-state index contributed by atoms with van der Waals surface area (Å²) in [6, 6.07) is 0. The van der Waals surface area contributed by atoms with Crippen LogP contribution in [0.3, 0.4) is 0 Å². The number of fused-ring (bicyclic) bond motifs is 1. The van der Waals surface area contributed by atoms with Crippen molar-refractivity contribution in [1.82, 2.24) is 0 Å². The smallest absolute Gasteiger partial charge is 0.340 e. The van der Waals surface area contributed by atoms with Gasteiger partial charge in [0.05, 0.1) is 18.8 Å². The second-order valence-electron chi connectivity index (χ2n) is 8.92. The van der Waals surface area contributed by atoms with Gasteiger partial charge in [-0.1, -0.05) is 20.3 Å². The number of hydrogen-bond acceptors (Lipinski definition) is 5. The summed E-state index contributed by atoms with van der Waals surface area (Å²) in [6.45, 7) is 6.04. The SMILES string of the molecule is C[C@H](C[C@@H]1COC(=O)[C@](C)(O)[C@@H]1O)[C@H]1CCC2[C@@H](O)CCC[C@@]21C. The fourth-order valence-corrected chi connectivity index (χ4v) is 5.96. The van der Waals surface area contributed by atoms with Crippen LogP contribution >= 0.6 is 0 Å². The molecular weight excluding hydrogens is 308 g/mol. The zero-order valence-corrected chi connectivity index (χ0v) is 15.1. The second kappa shape index (κ2) is 6.26. The van der Waals surface area contributed by atoms with E-state index in [1.165, 1.54) is 6.92 Å². The normalized spacial score (nSPS) is 50.2. The number of carbonyl (C=O) groups excluding carboxylic acids is 1. The molecule has 1 saturated heterocycles. The van der Waals surface area contributed by atoms with E-state index in [-0.39, 0.29) is 24.0 Å². The predicted molar refractivity (Wildman–Crippen MR) is 89.0 cm³/mol. The molecule has 0 aromatic heterocycles. The average molecular weight is 340 g/mol. The van der Waals surface area contributed by atoms with Crippen molar-refractivity contribution >= 4 is 5.97 Å². The second-order valence-corrected chi connectivity index (χ2v) is 8.92. The molecule has 1 aliphatic heterocycles. The van der Waals surface area contributed by atoms with E-state index in [0.717, 1.165) is 38.5 Å². The van der Waals surface area contributed by atoms with E-state index in [0.29, 0.717) is 17.8 Å². The first-order valence-corrected chi connectivity index (χ1v) is 9.43. The molecule has 2 saturated carbocycles. The van der Waals surface area contributed by atoms with Crippen LogP contribution in [0.4, 0.5) is 0 Å². The number of ether oxygens (including phenoxy) is 1. The van der Waals surface area contributed by atoms with Crippen LogP contribution in [0.2, 0.25) is 0 Å². The minimum Gasteiger partial charge on any atom is -0.463 e. The maximum absolute atomic E-state index is 11.6. The van der Waals surface area contributed by atoms with Crippen molar-refractivity contribution in [2.45, 2.75) is 77.1 Å². The van der Waals surface area contributed by atoms with Crippen molar-refractivity contribution < 1.29 is 24.9 Å². The Morgan fingerprint density at radius 1 is 1.25 bits per heavy atom. The highest BCUT2D eigenvalue weighted by Crippen LogP contribution is 2.58. The van der Waals surface area contributed by atoms with Crippen molar-refractivity contribution in [3.8, 4) is 0 Å². The van der Waals surface area contributed by atoms with Gasteiger partial charge in [-0.15, -0.1) is 0 Å². The molecule has 2 aliphatic carbocycles. The molecular formula is C19H32O5. The van der Waals surface area contributed by atoms with E-state index in [4.69, 9.17) is 4.74 Å². The van der Waals surface area contributed by atoms with E-state index < -0.39 is 17.7 Å². The molecule has 1 heterocycles. The number of aliphatic hydroxyl groups excluding tert-OH is 2. The maximum atomic E-state index is 11.6. The molecule has 0 aromatic carbocycles.